The van der Waals surface area contributed by atoms with Gasteiger partial charge in [-0.1, -0.05) is 0 Å². The lowest BCUT2D eigenvalue weighted by molar-refractivity contribution is 0.274. The molecule has 0 atom stereocenters. The molecule has 0 fully saturated rings. The molecule has 0 saturated carbocycles. The molecule has 0 aromatic carbocycles. The maximum absolute atomic E-state index is 5.32. The van der Waals surface area contributed by atoms with E-state index in [2.05, 4.69) is 24.8 Å². The van der Waals surface area contributed by atoms with Crippen LogP contribution in [0.3, 0.4) is 0 Å². The van der Waals surface area contributed by atoms with Crippen LogP contribution in [-0.2, 0) is 4.74 Å². The first kappa shape index (κ1) is 8.13. The van der Waals surface area contributed by atoms with Crippen molar-refractivity contribution in [2.75, 3.05) is 6.61 Å². The Morgan fingerprint density at radius 3 is 2.91 bits per heavy atom. The first-order valence-electron chi connectivity index (χ1n) is 3.79. The smallest absolute Gasteiger partial charge is 0.184 e. The first-order chi connectivity index (χ1) is 5.14. The highest BCUT2D eigenvalue weighted by Gasteiger charge is 2.25. The predicted octanol–water partition coefficient (Wildman–Crippen LogP) is 1.61. The van der Waals surface area contributed by atoms with Crippen molar-refractivity contribution in [2.24, 2.45) is 4.99 Å². The maximum Gasteiger partial charge on any atom is 0.184 e. The Morgan fingerprint density at radius 2 is 2.45 bits per heavy atom. The Morgan fingerprint density at radius 1 is 1.73 bits per heavy atom. The van der Waals surface area contributed by atoms with Crippen LogP contribution in [-0.4, -0.2) is 18.0 Å². The number of ether oxygens (including phenoxy) is 1. The minimum absolute atomic E-state index is 0.0378. The fourth-order valence-electron chi connectivity index (χ4n) is 0.969. The van der Waals surface area contributed by atoms with Gasteiger partial charge in [-0.3, -0.25) is 0 Å². The molecule has 60 valence electrons. The third kappa shape index (κ3) is 2.27. The lowest BCUT2D eigenvalue weighted by Crippen LogP contribution is -2.17. The first-order valence-corrected chi connectivity index (χ1v) is 3.79. The lowest BCUT2D eigenvalue weighted by atomic mass is 10.1. The number of rotatable bonds is 2. The molecule has 2 heteroatoms. The second-order valence-electron chi connectivity index (χ2n) is 3.31. The van der Waals surface area contributed by atoms with Crippen molar-refractivity contribution < 1.29 is 4.74 Å². The molecule has 0 aromatic heterocycles. The van der Waals surface area contributed by atoms with E-state index >= 15 is 0 Å². The molecule has 2 nitrogen and oxygen atoms in total. The van der Waals surface area contributed by atoms with E-state index in [1.54, 1.807) is 0 Å². The van der Waals surface area contributed by atoms with E-state index < -0.39 is 0 Å². The summed E-state index contributed by atoms with van der Waals surface area (Å²) in [6, 6.07) is 0. The van der Waals surface area contributed by atoms with E-state index in [0.717, 1.165) is 18.7 Å². The van der Waals surface area contributed by atoms with Crippen LogP contribution >= 0.6 is 0 Å². The largest absolute Gasteiger partial charge is 0.478 e. The van der Waals surface area contributed by atoms with Crippen molar-refractivity contribution in [2.45, 2.75) is 32.2 Å². The molecule has 11 heavy (non-hydrogen) atoms. The van der Waals surface area contributed by atoms with Crippen molar-refractivity contribution in [1.82, 2.24) is 0 Å². The fourth-order valence-corrected chi connectivity index (χ4v) is 0.969. The monoisotopic (exact) mass is 151 g/mol. The topological polar surface area (TPSA) is 21.6 Å². The third-order valence-electron chi connectivity index (χ3n) is 1.50. The van der Waals surface area contributed by atoms with Crippen LogP contribution in [0.1, 0.15) is 26.7 Å². The van der Waals surface area contributed by atoms with E-state index in [-0.39, 0.29) is 5.54 Å². The molecule has 0 radical (unpaired) electrons. The Bertz CT molecular complexity index is 210. The maximum atomic E-state index is 5.32. The zero-order chi connectivity index (χ0) is 8.32. The second kappa shape index (κ2) is 2.96. The predicted molar refractivity (Wildman–Crippen MR) is 45.5 cm³/mol. The average Bonchev–Trinajstić information content (AvgIpc) is 2.26. The standard InChI is InChI=1S/C9H13NO/c1-4-5-6-8-10-9(2,3)7-11-8/h1H,5-7H2,2-3H3. The van der Waals surface area contributed by atoms with Crippen LogP contribution in [0, 0.1) is 12.3 Å². The van der Waals surface area contributed by atoms with Gasteiger partial charge in [0.25, 0.3) is 0 Å². The Balaban J connectivity index is 2.44. The van der Waals surface area contributed by atoms with Gasteiger partial charge in [-0.05, 0) is 13.8 Å². The minimum Gasteiger partial charge on any atom is -0.478 e. The number of nitrogens with zero attached hydrogens (tertiary/aromatic N) is 1. The van der Waals surface area contributed by atoms with Crippen molar-refractivity contribution in [3.63, 3.8) is 0 Å². The van der Waals surface area contributed by atoms with E-state index in [9.17, 15) is 0 Å². The number of aliphatic imine (C=N–C) groups is 1. The summed E-state index contributed by atoms with van der Waals surface area (Å²) in [7, 11) is 0. The van der Waals surface area contributed by atoms with E-state index in [1.165, 1.54) is 0 Å². The third-order valence-corrected chi connectivity index (χ3v) is 1.50. The summed E-state index contributed by atoms with van der Waals surface area (Å²) in [4.78, 5) is 4.36. The summed E-state index contributed by atoms with van der Waals surface area (Å²) in [6.07, 6.45) is 6.61. The molecule has 1 rings (SSSR count). The molecule has 0 bridgehead atoms. The minimum atomic E-state index is -0.0378. The molecule has 1 heterocycles. The van der Waals surface area contributed by atoms with Crippen molar-refractivity contribution >= 4 is 5.90 Å². The van der Waals surface area contributed by atoms with Gasteiger partial charge in [0.05, 0.1) is 5.54 Å². The van der Waals surface area contributed by atoms with Gasteiger partial charge in [0.15, 0.2) is 5.90 Å². The van der Waals surface area contributed by atoms with Gasteiger partial charge in [-0.2, -0.15) is 0 Å². The summed E-state index contributed by atoms with van der Waals surface area (Å²) in [5, 5.41) is 0. The van der Waals surface area contributed by atoms with Gasteiger partial charge in [-0.25, -0.2) is 4.99 Å². The quantitative estimate of drug-likeness (QED) is 0.549. The molecule has 0 amide bonds. The molecular formula is C9H13NO. The normalized spacial score (nSPS) is 20.3. The Labute approximate surface area is 67.7 Å². The summed E-state index contributed by atoms with van der Waals surface area (Å²) in [6.45, 7) is 4.79. The molecule has 1 aliphatic heterocycles. The fraction of sp³-hybridized carbons (Fsp3) is 0.667. The molecule has 1 aliphatic rings. The van der Waals surface area contributed by atoms with Gasteiger partial charge >= 0.3 is 0 Å². The summed E-state index contributed by atoms with van der Waals surface area (Å²) in [5.74, 6) is 3.37. The highest BCUT2D eigenvalue weighted by atomic mass is 16.5. The van der Waals surface area contributed by atoms with Gasteiger partial charge in [0.1, 0.15) is 6.61 Å². The van der Waals surface area contributed by atoms with E-state index in [1.807, 2.05) is 0 Å². The highest BCUT2D eigenvalue weighted by Crippen LogP contribution is 2.18. The van der Waals surface area contributed by atoms with Gasteiger partial charge < -0.3 is 4.74 Å². The average molecular weight is 151 g/mol. The number of hydrogen-bond acceptors (Lipinski definition) is 2. The van der Waals surface area contributed by atoms with E-state index in [4.69, 9.17) is 11.2 Å². The van der Waals surface area contributed by atoms with Crippen LogP contribution in [0.25, 0.3) is 0 Å². The van der Waals surface area contributed by atoms with E-state index in [0.29, 0.717) is 6.61 Å². The lowest BCUT2D eigenvalue weighted by Gasteiger charge is -2.07. The van der Waals surface area contributed by atoms with Crippen LogP contribution < -0.4 is 0 Å². The van der Waals surface area contributed by atoms with Crippen LogP contribution in [0.15, 0.2) is 4.99 Å². The number of terminal acetylenes is 1. The van der Waals surface area contributed by atoms with Crippen molar-refractivity contribution in [3.8, 4) is 12.3 Å². The second-order valence-corrected chi connectivity index (χ2v) is 3.31. The molecular weight excluding hydrogens is 138 g/mol. The Hall–Kier alpha value is -0.970. The Kier molecular flexibility index (Phi) is 2.19. The van der Waals surface area contributed by atoms with Gasteiger partial charge in [0, 0.05) is 12.8 Å². The van der Waals surface area contributed by atoms with Crippen LogP contribution in [0.4, 0.5) is 0 Å². The molecule has 0 saturated heterocycles. The van der Waals surface area contributed by atoms with Gasteiger partial charge in [-0.15, -0.1) is 12.3 Å². The zero-order valence-electron chi connectivity index (χ0n) is 7.05. The summed E-state index contributed by atoms with van der Waals surface area (Å²) in [5.41, 5.74) is -0.0378. The summed E-state index contributed by atoms with van der Waals surface area (Å²) < 4.78 is 5.32. The van der Waals surface area contributed by atoms with Crippen molar-refractivity contribution in [1.29, 1.82) is 0 Å². The molecule has 0 unspecified atom stereocenters. The van der Waals surface area contributed by atoms with Crippen molar-refractivity contribution in [3.05, 3.63) is 0 Å². The zero-order valence-corrected chi connectivity index (χ0v) is 7.05. The summed E-state index contributed by atoms with van der Waals surface area (Å²) >= 11 is 0. The molecule has 0 spiro atoms. The molecule has 0 aromatic rings. The van der Waals surface area contributed by atoms with Gasteiger partial charge in [0.2, 0.25) is 0 Å². The SMILES string of the molecule is C#CCCC1=NC(C)(C)CO1. The van der Waals surface area contributed by atoms with Crippen LogP contribution in [0.5, 0.6) is 0 Å². The molecule has 0 N–H and O–H groups in total. The highest BCUT2D eigenvalue weighted by molar-refractivity contribution is 5.78. The molecule has 0 aliphatic carbocycles. The number of hydrogen-bond donors (Lipinski definition) is 0. The van der Waals surface area contributed by atoms with Crippen LogP contribution in [0.2, 0.25) is 0 Å².